The van der Waals surface area contributed by atoms with Crippen molar-refractivity contribution in [3.05, 3.63) is 53.9 Å². The van der Waals surface area contributed by atoms with Crippen LogP contribution in [0.4, 0.5) is 0 Å². The highest BCUT2D eigenvalue weighted by atomic mass is 16.5. The lowest BCUT2D eigenvalue weighted by Gasteiger charge is -2.14. The second kappa shape index (κ2) is 9.39. The number of benzene rings is 1. The summed E-state index contributed by atoms with van der Waals surface area (Å²) < 4.78 is 10.9. The van der Waals surface area contributed by atoms with Crippen LogP contribution in [-0.4, -0.2) is 31.7 Å². The molecule has 0 atom stereocenters. The fraction of sp³-hybridized carbons (Fsp3) is 0.333. The largest absolute Gasteiger partial charge is 0.493 e. The Morgan fingerprint density at radius 3 is 2.62 bits per heavy atom. The van der Waals surface area contributed by atoms with Gasteiger partial charge in [0, 0.05) is 19.8 Å². The molecule has 128 valence electrons. The maximum atomic E-state index is 5.60. The number of aromatic nitrogens is 1. The molecule has 6 nitrogen and oxygen atoms in total. The molecule has 24 heavy (non-hydrogen) atoms. The van der Waals surface area contributed by atoms with Gasteiger partial charge in [-0.1, -0.05) is 12.1 Å². The minimum Gasteiger partial charge on any atom is -0.493 e. The average Bonchev–Trinajstić information content (AvgIpc) is 2.63. The molecule has 0 aliphatic carbocycles. The Kier molecular flexibility index (Phi) is 6.89. The second-order valence-electron chi connectivity index (χ2n) is 5.02. The molecule has 6 heteroatoms. The highest BCUT2D eigenvalue weighted by Gasteiger charge is 2.06. The molecule has 0 radical (unpaired) electrons. The summed E-state index contributed by atoms with van der Waals surface area (Å²) in [5.74, 6) is 2.20. The number of nitrogens with one attached hydrogen (secondary N) is 2. The first-order valence-corrected chi connectivity index (χ1v) is 7.91. The van der Waals surface area contributed by atoms with Crippen molar-refractivity contribution in [3.63, 3.8) is 0 Å². The lowest BCUT2D eigenvalue weighted by Crippen LogP contribution is -2.36. The van der Waals surface area contributed by atoms with Gasteiger partial charge in [-0.25, -0.2) is 0 Å². The molecule has 2 rings (SSSR count). The summed E-state index contributed by atoms with van der Waals surface area (Å²) in [7, 11) is 3.38. The van der Waals surface area contributed by atoms with Gasteiger partial charge in [-0.2, -0.15) is 0 Å². The van der Waals surface area contributed by atoms with Gasteiger partial charge in [0.05, 0.1) is 26.0 Å². The predicted octanol–water partition coefficient (Wildman–Crippen LogP) is 2.35. The van der Waals surface area contributed by atoms with Gasteiger partial charge in [-0.05, 0) is 36.8 Å². The molecule has 0 amide bonds. The topological polar surface area (TPSA) is 67.8 Å². The summed E-state index contributed by atoms with van der Waals surface area (Å²) in [4.78, 5) is 8.50. The summed E-state index contributed by atoms with van der Waals surface area (Å²) in [6.07, 6.45) is 1.78. The van der Waals surface area contributed by atoms with E-state index in [9.17, 15) is 0 Å². The molecule has 1 heterocycles. The molecule has 2 N–H and O–H groups in total. The van der Waals surface area contributed by atoms with Crippen molar-refractivity contribution in [3.8, 4) is 11.5 Å². The van der Waals surface area contributed by atoms with E-state index in [4.69, 9.17) is 9.47 Å². The molecular weight excluding hydrogens is 304 g/mol. The van der Waals surface area contributed by atoms with Crippen LogP contribution < -0.4 is 20.1 Å². The van der Waals surface area contributed by atoms with E-state index in [1.165, 1.54) is 0 Å². The third-order valence-electron chi connectivity index (χ3n) is 3.37. The number of hydrogen-bond donors (Lipinski definition) is 2. The molecule has 0 bridgehead atoms. The average molecular weight is 328 g/mol. The maximum absolute atomic E-state index is 5.60. The van der Waals surface area contributed by atoms with Gasteiger partial charge in [0.25, 0.3) is 0 Å². The van der Waals surface area contributed by atoms with Crippen molar-refractivity contribution in [2.75, 3.05) is 20.8 Å². The third kappa shape index (κ3) is 5.15. The van der Waals surface area contributed by atoms with Crippen molar-refractivity contribution in [1.82, 2.24) is 15.6 Å². The molecular formula is C18H24N4O2. The zero-order valence-corrected chi connectivity index (χ0v) is 14.4. The number of hydrogen-bond acceptors (Lipinski definition) is 4. The summed E-state index contributed by atoms with van der Waals surface area (Å²) in [6.45, 7) is 3.80. The molecule has 0 saturated carbocycles. The van der Waals surface area contributed by atoms with Crippen molar-refractivity contribution in [2.24, 2.45) is 4.99 Å². The molecule has 0 fully saturated rings. The van der Waals surface area contributed by atoms with E-state index >= 15 is 0 Å². The van der Waals surface area contributed by atoms with Crippen LogP contribution in [0.5, 0.6) is 11.5 Å². The molecule has 0 unspecified atom stereocenters. The summed E-state index contributed by atoms with van der Waals surface area (Å²) in [5, 5.41) is 6.52. The molecule has 0 saturated heterocycles. The van der Waals surface area contributed by atoms with Crippen LogP contribution in [0.1, 0.15) is 18.2 Å². The van der Waals surface area contributed by atoms with Crippen molar-refractivity contribution in [2.45, 2.75) is 20.0 Å². The van der Waals surface area contributed by atoms with Gasteiger partial charge in [0.2, 0.25) is 0 Å². The normalized spacial score (nSPS) is 11.0. The molecule has 2 aromatic rings. The smallest absolute Gasteiger partial charge is 0.191 e. The van der Waals surface area contributed by atoms with E-state index in [1.54, 1.807) is 20.4 Å². The second-order valence-corrected chi connectivity index (χ2v) is 5.02. The van der Waals surface area contributed by atoms with Crippen molar-refractivity contribution >= 4 is 5.96 Å². The minimum atomic E-state index is 0.598. The van der Waals surface area contributed by atoms with Gasteiger partial charge in [-0.15, -0.1) is 0 Å². The quantitative estimate of drug-likeness (QED) is 0.603. The highest BCUT2D eigenvalue weighted by Crippen LogP contribution is 2.27. The lowest BCUT2D eigenvalue weighted by atomic mass is 10.2. The first kappa shape index (κ1) is 17.6. The van der Waals surface area contributed by atoms with Crippen LogP contribution in [0.3, 0.4) is 0 Å². The fourth-order valence-corrected chi connectivity index (χ4v) is 2.18. The lowest BCUT2D eigenvalue weighted by molar-refractivity contribution is 0.310. The standard InChI is InChI=1S/C18H24N4O2/c1-4-24-17-11-14(8-9-16(17)23-3)12-21-18(19-2)22-13-15-7-5-6-10-20-15/h5-11H,4,12-13H2,1-3H3,(H2,19,21,22). The van der Waals surface area contributed by atoms with E-state index in [2.05, 4.69) is 20.6 Å². The van der Waals surface area contributed by atoms with Crippen molar-refractivity contribution < 1.29 is 9.47 Å². The Hall–Kier alpha value is -2.76. The number of aliphatic imine (C=N–C) groups is 1. The number of rotatable bonds is 7. The van der Waals surface area contributed by atoms with Gasteiger partial charge in [0.15, 0.2) is 17.5 Å². The summed E-state index contributed by atoms with van der Waals surface area (Å²) >= 11 is 0. The zero-order chi connectivity index (χ0) is 17.2. The van der Waals surface area contributed by atoms with Crippen LogP contribution in [0.25, 0.3) is 0 Å². The van der Waals surface area contributed by atoms with Gasteiger partial charge in [0.1, 0.15) is 0 Å². The highest BCUT2D eigenvalue weighted by molar-refractivity contribution is 5.79. The van der Waals surface area contributed by atoms with Crippen LogP contribution in [0.15, 0.2) is 47.6 Å². The zero-order valence-electron chi connectivity index (χ0n) is 14.4. The first-order valence-electron chi connectivity index (χ1n) is 7.91. The number of ether oxygens (including phenoxy) is 2. The third-order valence-corrected chi connectivity index (χ3v) is 3.37. The van der Waals surface area contributed by atoms with Gasteiger partial charge in [-0.3, -0.25) is 9.98 Å². The Bertz CT molecular complexity index is 659. The number of nitrogens with zero attached hydrogens (tertiary/aromatic N) is 2. The Morgan fingerprint density at radius 1 is 1.12 bits per heavy atom. The molecule has 0 spiro atoms. The van der Waals surface area contributed by atoms with E-state index in [0.717, 1.165) is 28.7 Å². The number of methoxy groups -OCH3 is 1. The Balaban J connectivity index is 1.92. The first-order chi connectivity index (χ1) is 11.8. The van der Waals surface area contributed by atoms with Crippen LogP contribution >= 0.6 is 0 Å². The molecule has 1 aromatic heterocycles. The van der Waals surface area contributed by atoms with E-state index in [-0.39, 0.29) is 0 Å². The molecule has 0 aliphatic rings. The van der Waals surface area contributed by atoms with Gasteiger partial charge < -0.3 is 20.1 Å². The summed E-state index contributed by atoms with van der Waals surface area (Å²) in [6, 6.07) is 11.7. The Labute approximate surface area is 142 Å². The Morgan fingerprint density at radius 2 is 1.96 bits per heavy atom. The summed E-state index contributed by atoms with van der Waals surface area (Å²) in [5.41, 5.74) is 2.04. The minimum absolute atomic E-state index is 0.598. The van der Waals surface area contributed by atoms with E-state index in [1.807, 2.05) is 43.3 Å². The van der Waals surface area contributed by atoms with Crippen LogP contribution in [0, 0.1) is 0 Å². The van der Waals surface area contributed by atoms with Crippen LogP contribution in [-0.2, 0) is 13.1 Å². The molecule has 1 aromatic carbocycles. The SMILES string of the molecule is CCOc1cc(CNC(=NC)NCc2ccccn2)ccc1OC. The van der Waals surface area contributed by atoms with Gasteiger partial charge >= 0.3 is 0 Å². The maximum Gasteiger partial charge on any atom is 0.191 e. The van der Waals surface area contributed by atoms with Crippen molar-refractivity contribution in [1.29, 1.82) is 0 Å². The molecule has 0 aliphatic heterocycles. The predicted molar refractivity (Wildman–Crippen MR) is 95.4 cm³/mol. The number of pyridine rings is 1. The monoisotopic (exact) mass is 328 g/mol. The van der Waals surface area contributed by atoms with Crippen LogP contribution in [0.2, 0.25) is 0 Å². The number of guanidine groups is 1. The van der Waals surface area contributed by atoms with E-state index in [0.29, 0.717) is 19.7 Å². The fourth-order valence-electron chi connectivity index (χ4n) is 2.18. The van der Waals surface area contributed by atoms with E-state index < -0.39 is 0 Å².